The molecule has 1 amide bonds. The van der Waals surface area contributed by atoms with Crippen molar-refractivity contribution in [3.05, 3.63) is 22.9 Å². The lowest BCUT2D eigenvalue weighted by molar-refractivity contribution is -0.116. The number of carbonyl (C=O) groups excluding carboxylic acids is 1. The monoisotopic (exact) mass is 229 g/mol. The second-order valence-electron chi connectivity index (χ2n) is 2.18. The van der Waals surface area contributed by atoms with E-state index in [0.717, 1.165) is 10.2 Å². The van der Waals surface area contributed by atoms with Crippen molar-refractivity contribution < 1.29 is 4.79 Å². The fraction of sp³-hybridized carbons (Fsp3) is 0.143. The van der Waals surface area contributed by atoms with E-state index in [9.17, 15) is 4.79 Å². The SMILES string of the molecule is NC(=O)CNc1ccncc1Br. The number of carbonyl (C=O) groups is 1. The Morgan fingerprint density at radius 3 is 3.08 bits per heavy atom. The predicted molar refractivity (Wildman–Crippen MR) is 49.6 cm³/mol. The standard InChI is InChI=1S/C7H8BrN3O/c8-5-3-10-2-1-6(5)11-4-7(9)12/h1-3H,4H2,(H2,9,12)(H,10,11). The third-order valence-electron chi connectivity index (χ3n) is 1.23. The molecule has 0 aliphatic rings. The Labute approximate surface area is 78.3 Å². The maximum atomic E-state index is 10.4. The molecule has 12 heavy (non-hydrogen) atoms. The summed E-state index contributed by atoms with van der Waals surface area (Å²) in [5, 5.41) is 2.85. The van der Waals surface area contributed by atoms with Gasteiger partial charge < -0.3 is 11.1 Å². The van der Waals surface area contributed by atoms with Gasteiger partial charge in [0.25, 0.3) is 0 Å². The van der Waals surface area contributed by atoms with Gasteiger partial charge in [-0.25, -0.2) is 0 Å². The van der Waals surface area contributed by atoms with Crippen molar-refractivity contribution in [2.24, 2.45) is 5.73 Å². The highest BCUT2D eigenvalue weighted by Gasteiger charge is 1.98. The minimum absolute atomic E-state index is 0.128. The molecule has 0 unspecified atom stereocenters. The fourth-order valence-electron chi connectivity index (χ4n) is 0.701. The molecule has 1 aromatic heterocycles. The van der Waals surface area contributed by atoms with Gasteiger partial charge >= 0.3 is 0 Å². The summed E-state index contributed by atoms with van der Waals surface area (Å²) in [6.45, 7) is 0.128. The van der Waals surface area contributed by atoms with Crippen LogP contribution in [0.4, 0.5) is 5.69 Å². The molecule has 0 aliphatic carbocycles. The van der Waals surface area contributed by atoms with Crippen LogP contribution < -0.4 is 11.1 Å². The van der Waals surface area contributed by atoms with Crippen LogP contribution in [0.25, 0.3) is 0 Å². The maximum Gasteiger partial charge on any atom is 0.236 e. The smallest absolute Gasteiger partial charge is 0.236 e. The van der Waals surface area contributed by atoms with Crippen LogP contribution in [0.2, 0.25) is 0 Å². The largest absolute Gasteiger partial charge is 0.375 e. The zero-order valence-corrected chi connectivity index (χ0v) is 7.84. The lowest BCUT2D eigenvalue weighted by Crippen LogP contribution is -2.21. The van der Waals surface area contributed by atoms with Gasteiger partial charge in [-0.15, -0.1) is 0 Å². The van der Waals surface area contributed by atoms with Crippen molar-refractivity contribution in [1.82, 2.24) is 4.98 Å². The van der Waals surface area contributed by atoms with Crippen LogP contribution in [0, 0.1) is 0 Å². The van der Waals surface area contributed by atoms with E-state index in [1.165, 1.54) is 0 Å². The second kappa shape index (κ2) is 4.06. The minimum atomic E-state index is -0.390. The highest BCUT2D eigenvalue weighted by molar-refractivity contribution is 9.10. The summed E-state index contributed by atoms with van der Waals surface area (Å²) in [5.41, 5.74) is 5.77. The first-order valence-electron chi connectivity index (χ1n) is 3.32. The number of primary amides is 1. The molecule has 1 heterocycles. The number of nitrogens with one attached hydrogen (secondary N) is 1. The van der Waals surface area contributed by atoms with Crippen molar-refractivity contribution in [3.63, 3.8) is 0 Å². The Bertz CT molecular complexity index is 290. The van der Waals surface area contributed by atoms with Gasteiger partial charge in [0, 0.05) is 12.4 Å². The number of halogens is 1. The maximum absolute atomic E-state index is 10.4. The zero-order chi connectivity index (χ0) is 8.97. The summed E-state index contributed by atoms with van der Waals surface area (Å²) < 4.78 is 0.811. The van der Waals surface area contributed by atoms with Crippen molar-refractivity contribution in [1.29, 1.82) is 0 Å². The summed E-state index contributed by atoms with van der Waals surface area (Å²) in [4.78, 5) is 14.3. The van der Waals surface area contributed by atoms with Gasteiger partial charge in [-0.1, -0.05) is 0 Å². The molecule has 1 aromatic rings. The number of hydrogen-bond acceptors (Lipinski definition) is 3. The van der Waals surface area contributed by atoms with Crippen LogP contribution >= 0.6 is 15.9 Å². The third kappa shape index (κ3) is 2.50. The Hall–Kier alpha value is -1.10. The molecule has 0 fully saturated rings. The van der Waals surface area contributed by atoms with E-state index in [1.54, 1.807) is 18.5 Å². The number of amides is 1. The number of rotatable bonds is 3. The molecule has 0 atom stereocenters. The molecule has 1 rings (SSSR count). The summed E-state index contributed by atoms with van der Waals surface area (Å²) in [5.74, 6) is -0.390. The van der Waals surface area contributed by atoms with Crippen molar-refractivity contribution in [2.75, 3.05) is 11.9 Å². The molecule has 0 saturated carbocycles. The molecule has 5 heteroatoms. The van der Waals surface area contributed by atoms with Gasteiger partial charge in [-0.05, 0) is 22.0 Å². The van der Waals surface area contributed by atoms with E-state index in [4.69, 9.17) is 5.73 Å². The van der Waals surface area contributed by atoms with E-state index in [-0.39, 0.29) is 6.54 Å². The molecule has 0 bridgehead atoms. The van der Waals surface area contributed by atoms with Crippen molar-refractivity contribution >= 4 is 27.5 Å². The Morgan fingerprint density at radius 1 is 1.75 bits per heavy atom. The number of pyridine rings is 1. The van der Waals surface area contributed by atoms with Gasteiger partial charge in [0.2, 0.25) is 5.91 Å². The molecule has 0 spiro atoms. The van der Waals surface area contributed by atoms with Gasteiger partial charge in [0.15, 0.2) is 0 Å². The predicted octanol–water partition coefficient (Wildman–Crippen LogP) is 0.741. The number of nitrogens with zero attached hydrogens (tertiary/aromatic N) is 1. The van der Waals surface area contributed by atoms with Crippen LogP contribution in [0.1, 0.15) is 0 Å². The Morgan fingerprint density at radius 2 is 2.50 bits per heavy atom. The third-order valence-corrected chi connectivity index (χ3v) is 1.86. The highest BCUT2D eigenvalue weighted by Crippen LogP contribution is 2.19. The summed E-state index contributed by atoms with van der Waals surface area (Å²) in [7, 11) is 0. The fourth-order valence-corrected chi connectivity index (χ4v) is 1.09. The van der Waals surface area contributed by atoms with E-state index >= 15 is 0 Å². The molecule has 0 aliphatic heterocycles. The molecular weight excluding hydrogens is 222 g/mol. The van der Waals surface area contributed by atoms with Crippen molar-refractivity contribution in [3.8, 4) is 0 Å². The normalized spacial score (nSPS) is 9.42. The molecule has 0 saturated heterocycles. The van der Waals surface area contributed by atoms with E-state index < -0.39 is 5.91 Å². The molecule has 0 radical (unpaired) electrons. The topological polar surface area (TPSA) is 68.0 Å². The van der Waals surface area contributed by atoms with Crippen LogP contribution in [-0.4, -0.2) is 17.4 Å². The average molecular weight is 230 g/mol. The number of aromatic nitrogens is 1. The lowest BCUT2D eigenvalue weighted by atomic mass is 10.4. The quantitative estimate of drug-likeness (QED) is 0.804. The highest BCUT2D eigenvalue weighted by atomic mass is 79.9. The molecule has 3 N–H and O–H groups in total. The minimum Gasteiger partial charge on any atom is -0.375 e. The van der Waals surface area contributed by atoms with Crippen molar-refractivity contribution in [2.45, 2.75) is 0 Å². The molecule has 0 aromatic carbocycles. The second-order valence-corrected chi connectivity index (χ2v) is 3.03. The number of nitrogens with two attached hydrogens (primary N) is 1. The van der Waals surface area contributed by atoms with E-state index in [2.05, 4.69) is 26.2 Å². The van der Waals surface area contributed by atoms with Gasteiger partial charge in [-0.2, -0.15) is 0 Å². The van der Waals surface area contributed by atoms with E-state index in [1.807, 2.05) is 0 Å². The summed E-state index contributed by atoms with van der Waals surface area (Å²) in [6.07, 6.45) is 3.28. The summed E-state index contributed by atoms with van der Waals surface area (Å²) >= 11 is 3.27. The Kier molecular flexibility index (Phi) is 3.04. The Balaban J connectivity index is 2.63. The lowest BCUT2D eigenvalue weighted by Gasteiger charge is -2.04. The van der Waals surface area contributed by atoms with Crippen LogP contribution in [0.3, 0.4) is 0 Å². The van der Waals surface area contributed by atoms with Crippen LogP contribution in [0.15, 0.2) is 22.9 Å². The molecule has 64 valence electrons. The van der Waals surface area contributed by atoms with Gasteiger partial charge in [0.05, 0.1) is 16.7 Å². The first-order valence-corrected chi connectivity index (χ1v) is 4.11. The molecular formula is C7H8BrN3O. The van der Waals surface area contributed by atoms with Crippen LogP contribution in [-0.2, 0) is 4.79 Å². The van der Waals surface area contributed by atoms with Crippen LogP contribution in [0.5, 0.6) is 0 Å². The summed E-state index contributed by atoms with van der Waals surface area (Å²) in [6, 6.07) is 1.76. The zero-order valence-electron chi connectivity index (χ0n) is 6.25. The number of anilines is 1. The average Bonchev–Trinajstić information content (AvgIpc) is 2.03. The first kappa shape index (κ1) is 8.99. The number of hydrogen-bond donors (Lipinski definition) is 2. The first-order chi connectivity index (χ1) is 5.70. The molecule has 4 nitrogen and oxygen atoms in total. The van der Waals surface area contributed by atoms with Gasteiger partial charge in [-0.3, -0.25) is 9.78 Å². The van der Waals surface area contributed by atoms with E-state index in [0.29, 0.717) is 0 Å². The van der Waals surface area contributed by atoms with Gasteiger partial charge in [0.1, 0.15) is 0 Å².